The Balaban J connectivity index is 3.04. The third-order valence-electron chi connectivity index (χ3n) is 1.63. The van der Waals surface area contributed by atoms with Crippen molar-refractivity contribution in [2.75, 3.05) is 0 Å². The minimum atomic E-state index is -1.26. The molecule has 0 bridgehead atoms. The van der Waals surface area contributed by atoms with Crippen molar-refractivity contribution in [1.29, 1.82) is 0 Å². The molecule has 0 amide bonds. The van der Waals surface area contributed by atoms with Crippen molar-refractivity contribution in [1.82, 2.24) is 0 Å². The average Bonchev–Trinajstić information content (AvgIpc) is 2.16. The van der Waals surface area contributed by atoms with Crippen LogP contribution in [0.5, 0.6) is 0 Å². The predicted molar refractivity (Wildman–Crippen MR) is 43.0 cm³/mol. The van der Waals surface area contributed by atoms with E-state index in [0.717, 1.165) is 0 Å². The van der Waals surface area contributed by atoms with Crippen molar-refractivity contribution in [3.05, 3.63) is 35.4 Å². The number of aliphatic hydroxyl groups excluding tert-OH is 2. The maximum atomic E-state index is 10.1. The van der Waals surface area contributed by atoms with Gasteiger partial charge in [0.1, 0.15) is 6.10 Å². The first-order valence-corrected chi connectivity index (χ1v) is 3.54. The molecule has 1 unspecified atom stereocenters. The summed E-state index contributed by atoms with van der Waals surface area (Å²) in [6, 6.07) is 6.65. The molecule has 3 heteroatoms. The van der Waals surface area contributed by atoms with E-state index in [1.807, 2.05) is 0 Å². The molecule has 0 heterocycles. The largest absolute Gasteiger partial charge is 0.392 e. The van der Waals surface area contributed by atoms with E-state index < -0.39 is 6.10 Å². The molecule has 0 spiro atoms. The van der Waals surface area contributed by atoms with Crippen LogP contribution >= 0.6 is 0 Å². The fourth-order valence-electron chi connectivity index (χ4n) is 1.01. The smallest absolute Gasteiger partial charge is 0.234 e. The molecule has 0 aromatic heterocycles. The van der Waals surface area contributed by atoms with Gasteiger partial charge in [-0.15, -0.1) is 0 Å². The number of aliphatic hydroxyl groups is 2. The molecule has 1 aromatic rings. The highest BCUT2D eigenvalue weighted by Crippen LogP contribution is 2.15. The Morgan fingerprint density at radius 3 is 2.67 bits per heavy atom. The molecule has 1 aromatic carbocycles. The van der Waals surface area contributed by atoms with E-state index in [9.17, 15) is 4.79 Å². The van der Waals surface area contributed by atoms with Gasteiger partial charge >= 0.3 is 0 Å². The molecule has 1 rings (SSSR count). The second-order valence-corrected chi connectivity index (χ2v) is 2.38. The summed E-state index contributed by atoms with van der Waals surface area (Å²) in [6.45, 7) is -0.186. The van der Waals surface area contributed by atoms with Crippen molar-refractivity contribution < 1.29 is 15.0 Å². The van der Waals surface area contributed by atoms with Crippen LogP contribution in [-0.2, 0) is 11.4 Å². The topological polar surface area (TPSA) is 57.5 Å². The molecule has 2 N–H and O–H groups in total. The van der Waals surface area contributed by atoms with Crippen molar-refractivity contribution in [2.45, 2.75) is 12.7 Å². The zero-order valence-corrected chi connectivity index (χ0v) is 6.40. The van der Waals surface area contributed by atoms with Gasteiger partial charge in [-0.1, -0.05) is 24.3 Å². The Morgan fingerprint density at radius 2 is 2.08 bits per heavy atom. The van der Waals surface area contributed by atoms with Gasteiger partial charge in [-0.3, -0.25) is 4.79 Å². The van der Waals surface area contributed by atoms with Crippen LogP contribution in [0.2, 0.25) is 0 Å². The van der Waals surface area contributed by atoms with E-state index in [0.29, 0.717) is 11.1 Å². The van der Waals surface area contributed by atoms with Crippen molar-refractivity contribution in [2.24, 2.45) is 0 Å². The molecule has 0 fully saturated rings. The molecule has 1 atom stereocenters. The summed E-state index contributed by atoms with van der Waals surface area (Å²) in [5, 5.41) is 17.9. The fraction of sp³-hybridized carbons (Fsp3) is 0.222. The van der Waals surface area contributed by atoms with Crippen LogP contribution in [0.15, 0.2) is 24.3 Å². The van der Waals surface area contributed by atoms with E-state index in [1.165, 1.54) is 6.29 Å². The highest BCUT2D eigenvalue weighted by atomic mass is 16.3. The number of benzene rings is 1. The number of hydrogen-bond donors (Lipinski definition) is 2. The molecular weight excluding hydrogens is 156 g/mol. The van der Waals surface area contributed by atoms with Gasteiger partial charge < -0.3 is 10.2 Å². The van der Waals surface area contributed by atoms with Crippen LogP contribution in [0.25, 0.3) is 0 Å². The Bertz CT molecular complexity index is 270. The normalized spacial score (nSPS) is 12.5. The van der Waals surface area contributed by atoms with Crippen LogP contribution in [0.3, 0.4) is 0 Å². The number of rotatable bonds is 3. The Hall–Kier alpha value is -1.19. The van der Waals surface area contributed by atoms with E-state index in [1.54, 1.807) is 24.3 Å². The number of carbonyl (C=O) groups excluding carboxylic acids is 1. The van der Waals surface area contributed by atoms with Crippen LogP contribution in [-0.4, -0.2) is 16.5 Å². The molecule has 63 valence electrons. The van der Waals surface area contributed by atoms with Crippen LogP contribution < -0.4 is 0 Å². The van der Waals surface area contributed by atoms with Crippen molar-refractivity contribution in [3.63, 3.8) is 0 Å². The summed E-state index contributed by atoms with van der Waals surface area (Å²) in [4.78, 5) is 10.1. The van der Waals surface area contributed by atoms with Gasteiger partial charge in [0.15, 0.2) is 0 Å². The van der Waals surface area contributed by atoms with E-state index in [-0.39, 0.29) is 6.61 Å². The van der Waals surface area contributed by atoms with Gasteiger partial charge in [0, 0.05) is 0 Å². The molecule has 0 aliphatic rings. The van der Waals surface area contributed by atoms with Gasteiger partial charge in [0.2, 0.25) is 6.29 Å². The second-order valence-electron chi connectivity index (χ2n) is 2.38. The molecular formula is C9H9O3. The second kappa shape index (κ2) is 3.99. The maximum Gasteiger partial charge on any atom is 0.234 e. The van der Waals surface area contributed by atoms with Crippen molar-refractivity contribution >= 4 is 6.29 Å². The predicted octanol–water partition coefficient (Wildman–Crippen LogP) is 0.322. The standard InChI is InChI=1S/C9H9O3/c10-5-7-3-1-2-4-8(7)9(12)6-11/h1-4,9-10,12H,5H2. The van der Waals surface area contributed by atoms with Gasteiger partial charge in [-0.25, -0.2) is 0 Å². The monoisotopic (exact) mass is 165 g/mol. The van der Waals surface area contributed by atoms with E-state index in [4.69, 9.17) is 10.2 Å². The lowest BCUT2D eigenvalue weighted by molar-refractivity contribution is 0.230. The highest BCUT2D eigenvalue weighted by Gasteiger charge is 2.09. The lowest BCUT2D eigenvalue weighted by Gasteiger charge is -2.06. The summed E-state index contributed by atoms with van der Waals surface area (Å²) in [7, 11) is 0. The average molecular weight is 165 g/mol. The summed E-state index contributed by atoms with van der Waals surface area (Å²) in [6.07, 6.45) is 0.194. The zero-order chi connectivity index (χ0) is 8.97. The van der Waals surface area contributed by atoms with Gasteiger partial charge in [0.25, 0.3) is 0 Å². The molecule has 1 radical (unpaired) electrons. The molecule has 0 saturated carbocycles. The van der Waals surface area contributed by atoms with E-state index >= 15 is 0 Å². The first-order valence-electron chi connectivity index (χ1n) is 3.54. The third kappa shape index (κ3) is 1.69. The maximum absolute atomic E-state index is 10.1. The summed E-state index contributed by atoms with van der Waals surface area (Å²) >= 11 is 0. The summed E-state index contributed by atoms with van der Waals surface area (Å²) < 4.78 is 0. The number of hydrogen-bond acceptors (Lipinski definition) is 3. The molecule has 12 heavy (non-hydrogen) atoms. The van der Waals surface area contributed by atoms with Gasteiger partial charge in [-0.2, -0.15) is 0 Å². The molecule has 0 aliphatic heterocycles. The van der Waals surface area contributed by atoms with E-state index in [2.05, 4.69) is 0 Å². The summed E-state index contributed by atoms with van der Waals surface area (Å²) in [5.74, 6) is 0. The first kappa shape index (κ1) is 8.90. The highest BCUT2D eigenvalue weighted by molar-refractivity contribution is 5.61. The van der Waals surface area contributed by atoms with Gasteiger partial charge in [0.05, 0.1) is 6.61 Å². The Morgan fingerprint density at radius 1 is 1.42 bits per heavy atom. The minimum Gasteiger partial charge on any atom is -0.392 e. The van der Waals surface area contributed by atoms with Crippen LogP contribution in [0, 0.1) is 0 Å². The Labute approximate surface area is 70.3 Å². The van der Waals surface area contributed by atoms with Gasteiger partial charge in [-0.05, 0) is 11.1 Å². The SMILES string of the molecule is O=[C]C(O)c1ccccc1CO. The lowest BCUT2D eigenvalue weighted by atomic mass is 10.0. The Kier molecular flexibility index (Phi) is 2.96. The van der Waals surface area contributed by atoms with Crippen LogP contribution in [0.4, 0.5) is 0 Å². The summed E-state index contributed by atoms with van der Waals surface area (Å²) in [5.41, 5.74) is 0.961. The molecule has 3 nitrogen and oxygen atoms in total. The van der Waals surface area contributed by atoms with Crippen molar-refractivity contribution in [3.8, 4) is 0 Å². The van der Waals surface area contributed by atoms with Crippen LogP contribution in [0.1, 0.15) is 17.2 Å². The lowest BCUT2D eigenvalue weighted by Crippen LogP contribution is -2.02. The quantitative estimate of drug-likeness (QED) is 0.678. The molecule has 0 saturated heterocycles. The third-order valence-corrected chi connectivity index (χ3v) is 1.63. The molecule has 0 aliphatic carbocycles. The minimum absolute atomic E-state index is 0.186. The fourth-order valence-corrected chi connectivity index (χ4v) is 1.01. The first-order chi connectivity index (χ1) is 5.79. The zero-order valence-electron chi connectivity index (χ0n) is 6.40.